The lowest BCUT2D eigenvalue weighted by atomic mass is 10.1. The molecule has 1 aliphatic rings. The van der Waals surface area contributed by atoms with Gasteiger partial charge < -0.3 is 10.1 Å². The van der Waals surface area contributed by atoms with Gasteiger partial charge in [0.1, 0.15) is 5.82 Å². The first kappa shape index (κ1) is 19.1. The molecule has 1 amide bonds. The quantitative estimate of drug-likeness (QED) is 0.666. The van der Waals surface area contributed by atoms with Crippen LogP contribution in [0.1, 0.15) is 29.5 Å². The molecule has 2 heterocycles. The highest BCUT2D eigenvalue weighted by Crippen LogP contribution is 2.18. The third kappa shape index (κ3) is 3.86. The summed E-state index contributed by atoms with van der Waals surface area (Å²) in [7, 11) is 0. The Morgan fingerprint density at radius 3 is 2.86 bits per heavy atom. The van der Waals surface area contributed by atoms with E-state index >= 15 is 0 Å². The molecule has 0 spiro atoms. The van der Waals surface area contributed by atoms with Crippen LogP contribution in [0.15, 0.2) is 47.3 Å². The molecule has 1 N–H and O–H groups in total. The molecule has 0 fully saturated rings. The van der Waals surface area contributed by atoms with E-state index in [4.69, 9.17) is 16.3 Å². The minimum atomic E-state index is -1.02. The average molecular weight is 412 g/mol. The average Bonchev–Trinajstić information content (AvgIpc) is 3.16. The van der Waals surface area contributed by atoms with E-state index in [-0.39, 0.29) is 11.1 Å². The van der Waals surface area contributed by atoms with Crippen molar-refractivity contribution in [2.75, 3.05) is 5.32 Å². The summed E-state index contributed by atoms with van der Waals surface area (Å²) in [5.74, 6) is -0.416. The van der Waals surface area contributed by atoms with Crippen LogP contribution in [-0.2, 0) is 22.5 Å². The Kier molecular flexibility index (Phi) is 5.07. The lowest BCUT2D eigenvalue weighted by molar-refractivity contribution is -0.123. The van der Waals surface area contributed by atoms with Gasteiger partial charge in [-0.15, -0.1) is 0 Å². The van der Waals surface area contributed by atoms with E-state index in [1.54, 1.807) is 34.9 Å². The summed E-state index contributed by atoms with van der Waals surface area (Å²) in [6, 6.07) is 11.3. The zero-order valence-corrected chi connectivity index (χ0v) is 16.4. The van der Waals surface area contributed by atoms with E-state index in [0.29, 0.717) is 28.2 Å². The number of anilines is 1. The van der Waals surface area contributed by atoms with Gasteiger partial charge in [-0.2, -0.15) is 0 Å². The second kappa shape index (κ2) is 7.67. The fourth-order valence-electron chi connectivity index (χ4n) is 3.30. The first-order chi connectivity index (χ1) is 13.9. The Hall–Kier alpha value is -3.19. The monoisotopic (exact) mass is 411 g/mol. The third-order valence-electron chi connectivity index (χ3n) is 4.80. The molecular formula is C21H18ClN3O4. The molecule has 0 aliphatic carbocycles. The van der Waals surface area contributed by atoms with Crippen molar-refractivity contribution in [3.63, 3.8) is 0 Å². The van der Waals surface area contributed by atoms with Gasteiger partial charge in [0.2, 0.25) is 0 Å². The summed E-state index contributed by atoms with van der Waals surface area (Å²) in [4.78, 5) is 41.8. The number of rotatable bonds is 4. The molecule has 0 saturated heterocycles. The van der Waals surface area contributed by atoms with Crippen LogP contribution < -0.4 is 10.9 Å². The number of esters is 1. The molecule has 1 aromatic heterocycles. The molecule has 2 aromatic carbocycles. The van der Waals surface area contributed by atoms with Crippen molar-refractivity contribution in [2.45, 2.75) is 32.4 Å². The minimum Gasteiger partial charge on any atom is -0.449 e. The maximum atomic E-state index is 12.5. The van der Waals surface area contributed by atoms with Gasteiger partial charge in [0.25, 0.3) is 11.5 Å². The number of halogens is 1. The molecule has 0 radical (unpaired) electrons. The van der Waals surface area contributed by atoms with Crippen LogP contribution in [0.4, 0.5) is 5.69 Å². The number of nitrogens with zero attached hydrogens (tertiary/aromatic N) is 2. The smallest absolute Gasteiger partial charge is 0.338 e. The Balaban J connectivity index is 1.50. The Morgan fingerprint density at radius 2 is 2.07 bits per heavy atom. The van der Waals surface area contributed by atoms with E-state index in [9.17, 15) is 14.4 Å². The van der Waals surface area contributed by atoms with Crippen molar-refractivity contribution in [1.29, 1.82) is 0 Å². The van der Waals surface area contributed by atoms with Crippen molar-refractivity contribution < 1.29 is 14.3 Å². The first-order valence-electron chi connectivity index (χ1n) is 9.23. The van der Waals surface area contributed by atoms with Gasteiger partial charge in [-0.25, -0.2) is 9.78 Å². The van der Waals surface area contributed by atoms with Crippen molar-refractivity contribution in [2.24, 2.45) is 0 Å². The third-order valence-corrected chi connectivity index (χ3v) is 5.03. The van der Waals surface area contributed by atoms with Gasteiger partial charge in [-0.1, -0.05) is 17.7 Å². The molecule has 29 heavy (non-hydrogen) atoms. The number of amides is 1. The summed E-state index contributed by atoms with van der Waals surface area (Å²) in [6.45, 7) is 2.15. The SMILES string of the molecule is CC(OC(=O)c1ccc2c(=O)n3c(nc2c1)CCC3)C(=O)Nc1cccc(Cl)c1. The predicted octanol–water partition coefficient (Wildman–Crippen LogP) is 3.18. The van der Waals surface area contributed by atoms with Gasteiger partial charge in [-0.3, -0.25) is 14.2 Å². The number of nitrogens with one attached hydrogen (secondary N) is 1. The molecule has 4 rings (SSSR count). The fraction of sp³-hybridized carbons (Fsp3) is 0.238. The number of carbonyl (C=O) groups excluding carboxylic acids is 2. The number of aryl methyl sites for hydroxylation is 1. The summed E-state index contributed by atoms with van der Waals surface area (Å²) in [5, 5.41) is 3.59. The number of benzene rings is 2. The lowest BCUT2D eigenvalue weighted by Gasteiger charge is -2.14. The first-order valence-corrected chi connectivity index (χ1v) is 9.61. The Morgan fingerprint density at radius 1 is 1.24 bits per heavy atom. The zero-order valence-electron chi connectivity index (χ0n) is 15.6. The standard InChI is InChI=1S/C21H18ClN3O4/c1-12(19(26)23-15-5-2-4-14(22)11-15)29-21(28)13-7-8-16-17(10-13)24-18-6-3-9-25(18)20(16)27/h2,4-5,7-8,10-12H,3,6,9H2,1H3,(H,23,26). The Bertz CT molecular complexity index is 1190. The van der Waals surface area contributed by atoms with Gasteiger partial charge in [-0.05, 0) is 49.7 Å². The number of ether oxygens (including phenoxy) is 1. The minimum absolute atomic E-state index is 0.100. The molecular weight excluding hydrogens is 394 g/mol. The van der Waals surface area contributed by atoms with Crippen molar-refractivity contribution in [3.05, 3.63) is 69.2 Å². The topological polar surface area (TPSA) is 90.3 Å². The van der Waals surface area contributed by atoms with Crippen LogP contribution in [0.5, 0.6) is 0 Å². The number of fused-ring (bicyclic) bond motifs is 2. The normalized spacial score (nSPS) is 13.7. The highest BCUT2D eigenvalue weighted by Gasteiger charge is 2.21. The number of carbonyl (C=O) groups is 2. The second-order valence-corrected chi connectivity index (χ2v) is 7.30. The van der Waals surface area contributed by atoms with Crippen molar-refractivity contribution >= 4 is 40.1 Å². The highest BCUT2D eigenvalue weighted by molar-refractivity contribution is 6.30. The van der Waals surface area contributed by atoms with Crippen LogP contribution in [0.3, 0.4) is 0 Å². The molecule has 3 aromatic rings. The predicted molar refractivity (Wildman–Crippen MR) is 109 cm³/mol. The van der Waals surface area contributed by atoms with Gasteiger partial charge in [0.15, 0.2) is 6.10 Å². The second-order valence-electron chi connectivity index (χ2n) is 6.87. The zero-order chi connectivity index (χ0) is 20.5. The fourth-order valence-corrected chi connectivity index (χ4v) is 3.49. The van der Waals surface area contributed by atoms with E-state index in [0.717, 1.165) is 18.7 Å². The van der Waals surface area contributed by atoms with Crippen LogP contribution in [-0.4, -0.2) is 27.5 Å². The van der Waals surface area contributed by atoms with E-state index in [2.05, 4.69) is 10.3 Å². The summed E-state index contributed by atoms with van der Waals surface area (Å²) < 4.78 is 6.95. The van der Waals surface area contributed by atoms with Gasteiger partial charge in [0.05, 0.1) is 16.5 Å². The van der Waals surface area contributed by atoms with E-state index in [1.807, 2.05) is 0 Å². The van der Waals surface area contributed by atoms with E-state index < -0.39 is 18.0 Å². The number of aromatic nitrogens is 2. The molecule has 0 bridgehead atoms. The molecule has 148 valence electrons. The lowest BCUT2D eigenvalue weighted by Crippen LogP contribution is -2.30. The molecule has 1 atom stereocenters. The maximum absolute atomic E-state index is 12.5. The summed E-state index contributed by atoms with van der Waals surface area (Å²) in [5.41, 5.74) is 1.09. The maximum Gasteiger partial charge on any atom is 0.338 e. The summed E-state index contributed by atoms with van der Waals surface area (Å²) >= 11 is 5.90. The van der Waals surface area contributed by atoms with Crippen LogP contribution in [0.25, 0.3) is 10.9 Å². The van der Waals surface area contributed by atoms with E-state index in [1.165, 1.54) is 19.1 Å². The highest BCUT2D eigenvalue weighted by atomic mass is 35.5. The van der Waals surface area contributed by atoms with Gasteiger partial charge >= 0.3 is 5.97 Å². The van der Waals surface area contributed by atoms with Crippen molar-refractivity contribution in [3.8, 4) is 0 Å². The molecule has 8 heteroatoms. The summed E-state index contributed by atoms with van der Waals surface area (Å²) in [6.07, 6.45) is 0.601. The van der Waals surface area contributed by atoms with Crippen LogP contribution in [0, 0.1) is 0 Å². The largest absolute Gasteiger partial charge is 0.449 e. The molecule has 1 unspecified atom stereocenters. The van der Waals surface area contributed by atoms with Crippen LogP contribution >= 0.6 is 11.6 Å². The Labute approximate surface area is 171 Å². The molecule has 1 aliphatic heterocycles. The van der Waals surface area contributed by atoms with Crippen LogP contribution in [0.2, 0.25) is 5.02 Å². The van der Waals surface area contributed by atoms with Crippen molar-refractivity contribution in [1.82, 2.24) is 9.55 Å². The number of hydrogen-bond donors (Lipinski definition) is 1. The number of hydrogen-bond acceptors (Lipinski definition) is 5. The molecule has 7 nitrogen and oxygen atoms in total. The molecule has 0 saturated carbocycles. The van der Waals surface area contributed by atoms with Gasteiger partial charge in [0, 0.05) is 23.7 Å².